The Bertz CT molecular complexity index is 394. The van der Waals surface area contributed by atoms with Gasteiger partial charge in [-0.25, -0.2) is 0 Å². The molecule has 0 heterocycles. The molecule has 0 radical (unpaired) electrons. The van der Waals surface area contributed by atoms with E-state index in [0.29, 0.717) is 12.0 Å². The van der Waals surface area contributed by atoms with Gasteiger partial charge in [0.1, 0.15) is 0 Å². The molecule has 1 aromatic carbocycles. The van der Waals surface area contributed by atoms with E-state index >= 15 is 0 Å². The highest BCUT2D eigenvalue weighted by atomic mass is 16.3. The van der Waals surface area contributed by atoms with Crippen LogP contribution in [-0.2, 0) is 0 Å². The number of aryl methyl sites for hydroxylation is 2. The first-order valence-electron chi connectivity index (χ1n) is 7.04. The van der Waals surface area contributed by atoms with Crippen molar-refractivity contribution in [1.29, 1.82) is 0 Å². The van der Waals surface area contributed by atoms with Crippen LogP contribution in [0.4, 0.5) is 0 Å². The van der Waals surface area contributed by atoms with Crippen molar-refractivity contribution >= 4 is 0 Å². The van der Waals surface area contributed by atoms with Crippen molar-refractivity contribution in [2.45, 2.75) is 51.7 Å². The van der Waals surface area contributed by atoms with Crippen LogP contribution in [0.25, 0.3) is 0 Å². The molecule has 2 nitrogen and oxygen atoms in total. The van der Waals surface area contributed by atoms with Crippen molar-refractivity contribution in [3.05, 3.63) is 34.9 Å². The molecule has 1 atom stereocenters. The molecule has 100 valence electrons. The summed E-state index contributed by atoms with van der Waals surface area (Å²) in [7, 11) is 2.05. The zero-order valence-corrected chi connectivity index (χ0v) is 11.7. The molecule has 0 aliphatic heterocycles. The fraction of sp³-hybridized carbons (Fsp3) is 0.625. The predicted octanol–water partition coefficient (Wildman–Crippen LogP) is 3.12. The summed E-state index contributed by atoms with van der Waals surface area (Å²) < 4.78 is 0. The molecule has 2 heteroatoms. The van der Waals surface area contributed by atoms with Gasteiger partial charge in [0.05, 0.1) is 6.10 Å². The van der Waals surface area contributed by atoms with Gasteiger partial charge in [-0.2, -0.15) is 0 Å². The summed E-state index contributed by atoms with van der Waals surface area (Å²) in [5.41, 5.74) is 4.11. The summed E-state index contributed by atoms with van der Waals surface area (Å²) in [6.45, 7) is 4.33. The average Bonchev–Trinajstić information content (AvgIpc) is 2.37. The smallest absolute Gasteiger partial charge is 0.0540 e. The average molecular weight is 247 g/mol. The lowest BCUT2D eigenvalue weighted by Crippen LogP contribution is -2.30. The summed E-state index contributed by atoms with van der Waals surface area (Å²) in [6.07, 6.45) is 4.08. The van der Waals surface area contributed by atoms with Gasteiger partial charge in [-0.3, -0.25) is 0 Å². The Morgan fingerprint density at radius 1 is 1.11 bits per heavy atom. The van der Waals surface area contributed by atoms with Crippen molar-refractivity contribution in [2.24, 2.45) is 5.92 Å². The fourth-order valence-electron chi connectivity index (χ4n) is 3.07. The van der Waals surface area contributed by atoms with Crippen molar-refractivity contribution in [2.75, 3.05) is 7.05 Å². The number of benzene rings is 1. The summed E-state index contributed by atoms with van der Waals surface area (Å²) in [5, 5.41) is 13.1. The molecule has 0 bridgehead atoms. The summed E-state index contributed by atoms with van der Waals surface area (Å²) in [5.74, 6) is 0.653. The topological polar surface area (TPSA) is 32.3 Å². The molecular formula is C16H25NO. The Balaban J connectivity index is 2.14. The van der Waals surface area contributed by atoms with Gasteiger partial charge in [0.25, 0.3) is 0 Å². The molecule has 0 amide bonds. The lowest BCUT2D eigenvalue weighted by molar-refractivity contribution is 0.0981. The highest BCUT2D eigenvalue weighted by Gasteiger charge is 2.26. The van der Waals surface area contributed by atoms with E-state index in [9.17, 15) is 5.11 Å². The predicted molar refractivity (Wildman–Crippen MR) is 75.7 cm³/mol. The summed E-state index contributed by atoms with van der Waals surface area (Å²) in [4.78, 5) is 0. The largest absolute Gasteiger partial charge is 0.393 e. The summed E-state index contributed by atoms with van der Waals surface area (Å²) in [6, 6.07) is 7.19. The second kappa shape index (κ2) is 5.85. The molecule has 1 unspecified atom stereocenters. The minimum absolute atomic E-state index is 0.0708. The fourth-order valence-corrected chi connectivity index (χ4v) is 3.07. The molecule has 0 saturated heterocycles. The van der Waals surface area contributed by atoms with Crippen molar-refractivity contribution in [3.8, 4) is 0 Å². The lowest BCUT2D eigenvalue weighted by Gasteiger charge is -2.32. The van der Waals surface area contributed by atoms with Crippen LogP contribution in [0.15, 0.2) is 18.2 Å². The minimum Gasteiger partial charge on any atom is -0.393 e. The minimum atomic E-state index is -0.0708. The zero-order chi connectivity index (χ0) is 13.1. The maximum Gasteiger partial charge on any atom is 0.0540 e. The van der Waals surface area contributed by atoms with Crippen LogP contribution in [0, 0.1) is 19.8 Å². The molecule has 0 spiro atoms. The monoisotopic (exact) mass is 247 g/mol. The van der Waals surface area contributed by atoms with Gasteiger partial charge in [-0.15, -0.1) is 0 Å². The maximum atomic E-state index is 9.61. The van der Waals surface area contributed by atoms with Gasteiger partial charge < -0.3 is 10.4 Å². The third kappa shape index (κ3) is 2.93. The number of aliphatic hydroxyl groups is 1. The van der Waals surface area contributed by atoms with Gasteiger partial charge in [0, 0.05) is 6.04 Å². The Morgan fingerprint density at radius 3 is 2.33 bits per heavy atom. The lowest BCUT2D eigenvalue weighted by atomic mass is 9.79. The number of rotatable bonds is 3. The van der Waals surface area contributed by atoms with Crippen LogP contribution in [0.1, 0.15) is 48.4 Å². The van der Waals surface area contributed by atoms with Crippen LogP contribution >= 0.6 is 0 Å². The van der Waals surface area contributed by atoms with E-state index in [1.807, 2.05) is 7.05 Å². The van der Waals surface area contributed by atoms with Crippen molar-refractivity contribution in [1.82, 2.24) is 5.32 Å². The van der Waals surface area contributed by atoms with E-state index in [2.05, 4.69) is 37.4 Å². The third-order valence-electron chi connectivity index (χ3n) is 4.41. The van der Waals surface area contributed by atoms with E-state index in [1.165, 1.54) is 16.7 Å². The third-order valence-corrected chi connectivity index (χ3v) is 4.41. The van der Waals surface area contributed by atoms with E-state index < -0.39 is 0 Å². The van der Waals surface area contributed by atoms with Gasteiger partial charge in [0.15, 0.2) is 0 Å². The second-order valence-electron chi connectivity index (χ2n) is 5.68. The Morgan fingerprint density at radius 2 is 1.78 bits per heavy atom. The zero-order valence-electron chi connectivity index (χ0n) is 11.7. The number of hydrogen-bond acceptors (Lipinski definition) is 2. The van der Waals surface area contributed by atoms with E-state index in [-0.39, 0.29) is 6.10 Å². The number of aliphatic hydroxyl groups excluding tert-OH is 1. The van der Waals surface area contributed by atoms with Crippen LogP contribution in [0.3, 0.4) is 0 Å². The highest BCUT2D eigenvalue weighted by Crippen LogP contribution is 2.34. The van der Waals surface area contributed by atoms with Gasteiger partial charge in [0.2, 0.25) is 0 Å². The maximum absolute atomic E-state index is 9.61. The van der Waals surface area contributed by atoms with Crippen molar-refractivity contribution in [3.63, 3.8) is 0 Å². The molecule has 1 aliphatic carbocycles. The molecule has 1 saturated carbocycles. The molecule has 2 rings (SSSR count). The molecular weight excluding hydrogens is 222 g/mol. The Hall–Kier alpha value is -0.860. The van der Waals surface area contributed by atoms with Crippen LogP contribution in [0.5, 0.6) is 0 Å². The highest BCUT2D eigenvalue weighted by molar-refractivity contribution is 5.32. The van der Waals surface area contributed by atoms with Gasteiger partial charge in [-0.05, 0) is 69.2 Å². The van der Waals surface area contributed by atoms with E-state index in [0.717, 1.165) is 25.7 Å². The molecule has 0 aromatic heterocycles. The standard InChI is InChI=1S/C16H25NO/c1-11-4-5-14(10-12(11)2)16(17-3)13-6-8-15(18)9-7-13/h4-5,10,13,15-18H,6-9H2,1-3H3. The van der Waals surface area contributed by atoms with Gasteiger partial charge >= 0.3 is 0 Å². The summed E-state index contributed by atoms with van der Waals surface area (Å²) >= 11 is 0. The van der Waals surface area contributed by atoms with E-state index in [1.54, 1.807) is 0 Å². The Kier molecular flexibility index (Phi) is 4.41. The van der Waals surface area contributed by atoms with E-state index in [4.69, 9.17) is 0 Å². The Labute approximate surface area is 110 Å². The number of nitrogens with one attached hydrogen (secondary N) is 1. The molecule has 1 aromatic rings. The first-order chi connectivity index (χ1) is 8.61. The second-order valence-corrected chi connectivity index (χ2v) is 5.68. The number of hydrogen-bond donors (Lipinski definition) is 2. The van der Waals surface area contributed by atoms with Crippen LogP contribution in [0.2, 0.25) is 0 Å². The first-order valence-corrected chi connectivity index (χ1v) is 7.04. The SMILES string of the molecule is CNC(c1ccc(C)c(C)c1)C1CCC(O)CC1. The quantitative estimate of drug-likeness (QED) is 0.860. The molecule has 18 heavy (non-hydrogen) atoms. The van der Waals surface area contributed by atoms with Crippen LogP contribution in [-0.4, -0.2) is 18.3 Å². The molecule has 1 fully saturated rings. The van der Waals surface area contributed by atoms with Gasteiger partial charge in [-0.1, -0.05) is 18.2 Å². The van der Waals surface area contributed by atoms with Crippen molar-refractivity contribution < 1.29 is 5.11 Å². The first kappa shape index (κ1) is 13.6. The van der Waals surface area contributed by atoms with Crippen LogP contribution < -0.4 is 5.32 Å². The molecule has 1 aliphatic rings. The normalized spacial score (nSPS) is 26.0. The molecule has 2 N–H and O–H groups in total.